The second-order valence-corrected chi connectivity index (χ2v) is 9.97. The number of rotatable bonds is 9. The van der Waals surface area contributed by atoms with Gasteiger partial charge in [0, 0.05) is 19.3 Å². The number of ether oxygens (including phenoxy) is 1. The fraction of sp³-hybridized carbons (Fsp3) is 0.312. The van der Waals surface area contributed by atoms with Gasteiger partial charge in [-0.25, -0.2) is 21.8 Å². The standard InChI is InChI=1S/C16H21BrN4O5S2/c1-4-21(5-2)28(24,25)13-7-9-16(18-11-13)19-20-27(22,23)12-6-8-15(26-3)14(17)10-12/h6-11,20H,4-5H2,1-3H3,(H,18,19). The van der Waals surface area contributed by atoms with Crippen molar-refractivity contribution < 1.29 is 21.6 Å². The Morgan fingerprint density at radius 2 is 1.71 bits per heavy atom. The minimum absolute atomic E-state index is 0.00778. The van der Waals surface area contributed by atoms with Crippen molar-refractivity contribution in [2.75, 3.05) is 25.6 Å². The zero-order valence-electron chi connectivity index (χ0n) is 15.5. The van der Waals surface area contributed by atoms with Crippen LogP contribution in [0.25, 0.3) is 0 Å². The zero-order valence-corrected chi connectivity index (χ0v) is 18.7. The number of benzene rings is 1. The Morgan fingerprint density at radius 1 is 1.07 bits per heavy atom. The highest BCUT2D eigenvalue weighted by Gasteiger charge is 2.22. The first-order valence-electron chi connectivity index (χ1n) is 8.23. The number of halogens is 1. The Balaban J connectivity index is 2.13. The first-order valence-corrected chi connectivity index (χ1v) is 11.9. The molecule has 0 fully saturated rings. The van der Waals surface area contributed by atoms with Gasteiger partial charge in [-0.1, -0.05) is 13.8 Å². The van der Waals surface area contributed by atoms with E-state index < -0.39 is 20.0 Å². The molecule has 9 nitrogen and oxygen atoms in total. The van der Waals surface area contributed by atoms with E-state index in [2.05, 4.69) is 31.2 Å². The number of hydrogen-bond acceptors (Lipinski definition) is 7. The lowest BCUT2D eigenvalue weighted by atomic mass is 10.3. The molecule has 0 aliphatic heterocycles. The maximum absolute atomic E-state index is 12.4. The first kappa shape index (κ1) is 22.6. The SMILES string of the molecule is CCN(CC)S(=O)(=O)c1ccc(NNS(=O)(=O)c2ccc(OC)c(Br)c2)nc1. The van der Waals surface area contributed by atoms with E-state index in [-0.39, 0.29) is 15.6 Å². The van der Waals surface area contributed by atoms with Gasteiger partial charge in [-0.3, -0.25) is 5.43 Å². The molecule has 0 amide bonds. The van der Waals surface area contributed by atoms with Crippen molar-refractivity contribution in [3.63, 3.8) is 0 Å². The van der Waals surface area contributed by atoms with Gasteiger partial charge < -0.3 is 4.74 Å². The minimum atomic E-state index is -3.88. The third-order valence-corrected chi connectivity index (χ3v) is 7.73. The topological polar surface area (TPSA) is 118 Å². The summed E-state index contributed by atoms with van der Waals surface area (Å²) in [6, 6.07) is 7.05. The monoisotopic (exact) mass is 492 g/mol. The van der Waals surface area contributed by atoms with Crippen LogP contribution in [0, 0.1) is 0 Å². The van der Waals surface area contributed by atoms with Crippen LogP contribution in [0.3, 0.4) is 0 Å². The summed E-state index contributed by atoms with van der Waals surface area (Å²) in [5.74, 6) is 0.647. The van der Waals surface area contributed by atoms with E-state index >= 15 is 0 Å². The third kappa shape index (κ3) is 5.00. The Hall–Kier alpha value is -1.73. The van der Waals surface area contributed by atoms with Crippen LogP contribution in [0.4, 0.5) is 5.82 Å². The van der Waals surface area contributed by atoms with Crippen LogP contribution < -0.4 is 15.0 Å². The Bertz CT molecular complexity index is 1020. The molecule has 28 heavy (non-hydrogen) atoms. The fourth-order valence-electron chi connectivity index (χ4n) is 2.31. The average Bonchev–Trinajstić information content (AvgIpc) is 2.67. The normalized spacial score (nSPS) is 12.2. The van der Waals surface area contributed by atoms with Crippen molar-refractivity contribution in [3.8, 4) is 5.75 Å². The van der Waals surface area contributed by atoms with Crippen molar-refractivity contribution in [1.82, 2.24) is 14.1 Å². The average molecular weight is 493 g/mol. The highest BCUT2D eigenvalue weighted by molar-refractivity contribution is 9.10. The van der Waals surface area contributed by atoms with Gasteiger partial charge in [0.25, 0.3) is 10.0 Å². The molecule has 2 rings (SSSR count). The summed E-state index contributed by atoms with van der Waals surface area (Å²) < 4.78 is 56.5. The molecule has 0 atom stereocenters. The summed E-state index contributed by atoms with van der Waals surface area (Å²) in [4.78, 5) is 6.20. The van der Waals surface area contributed by atoms with Crippen molar-refractivity contribution in [3.05, 3.63) is 41.0 Å². The molecule has 1 heterocycles. The number of aromatic nitrogens is 1. The van der Waals surface area contributed by atoms with Gasteiger partial charge in [-0.05, 0) is 46.3 Å². The number of hydrogen-bond donors (Lipinski definition) is 2. The molecule has 1 aromatic heterocycles. The molecular formula is C16H21BrN4O5S2. The molecule has 2 aromatic rings. The summed E-state index contributed by atoms with van der Waals surface area (Å²) in [7, 11) is -6.03. The molecule has 0 saturated heterocycles. The molecular weight excluding hydrogens is 472 g/mol. The van der Waals surface area contributed by atoms with E-state index in [0.717, 1.165) is 0 Å². The minimum Gasteiger partial charge on any atom is -0.496 e. The largest absolute Gasteiger partial charge is 0.496 e. The van der Waals surface area contributed by atoms with Crippen LogP contribution in [-0.2, 0) is 20.0 Å². The van der Waals surface area contributed by atoms with Crippen LogP contribution in [-0.4, -0.2) is 46.3 Å². The predicted octanol–water partition coefficient (Wildman–Crippen LogP) is 2.19. The van der Waals surface area contributed by atoms with Crippen molar-refractivity contribution in [2.45, 2.75) is 23.6 Å². The van der Waals surface area contributed by atoms with Gasteiger partial charge in [-0.15, -0.1) is 4.83 Å². The molecule has 154 valence electrons. The van der Waals surface area contributed by atoms with Gasteiger partial charge in [-0.2, -0.15) is 4.31 Å². The quantitative estimate of drug-likeness (QED) is 0.515. The molecule has 0 unspecified atom stereocenters. The summed E-state index contributed by atoms with van der Waals surface area (Å²) >= 11 is 3.23. The lowest BCUT2D eigenvalue weighted by molar-refractivity contribution is 0.411. The molecule has 0 radical (unpaired) electrons. The van der Waals surface area contributed by atoms with Crippen LogP contribution in [0.1, 0.15) is 13.8 Å². The number of nitrogens with one attached hydrogen (secondary N) is 2. The van der Waals surface area contributed by atoms with Crippen molar-refractivity contribution in [1.29, 1.82) is 0 Å². The number of pyridine rings is 1. The van der Waals surface area contributed by atoms with Crippen molar-refractivity contribution in [2.24, 2.45) is 0 Å². The number of methoxy groups -OCH3 is 1. The van der Waals surface area contributed by atoms with E-state index in [4.69, 9.17) is 4.74 Å². The van der Waals surface area contributed by atoms with Crippen LogP contribution in [0.15, 0.2) is 50.8 Å². The fourth-order valence-corrected chi connectivity index (χ4v) is 5.29. The highest BCUT2D eigenvalue weighted by atomic mass is 79.9. The number of sulfonamides is 2. The third-order valence-electron chi connectivity index (χ3n) is 3.83. The van der Waals surface area contributed by atoms with Gasteiger partial charge in [0.2, 0.25) is 10.0 Å². The van der Waals surface area contributed by atoms with E-state index in [1.165, 1.54) is 47.9 Å². The molecule has 0 saturated carbocycles. The van der Waals surface area contributed by atoms with E-state index in [1.807, 2.05) is 0 Å². The molecule has 2 N–H and O–H groups in total. The zero-order chi connectivity index (χ0) is 20.9. The summed E-state index contributed by atoms with van der Waals surface area (Å²) in [6.45, 7) is 4.18. The predicted molar refractivity (Wildman–Crippen MR) is 109 cm³/mol. The molecule has 0 aliphatic rings. The molecule has 0 aliphatic carbocycles. The molecule has 1 aromatic carbocycles. The molecule has 0 spiro atoms. The van der Waals surface area contributed by atoms with Crippen LogP contribution in [0.5, 0.6) is 5.75 Å². The maximum atomic E-state index is 12.4. The van der Waals surface area contributed by atoms with Gasteiger partial charge in [0.05, 0.1) is 16.5 Å². The maximum Gasteiger partial charge on any atom is 0.257 e. The van der Waals surface area contributed by atoms with Gasteiger partial charge in [0.1, 0.15) is 16.5 Å². The van der Waals surface area contributed by atoms with Crippen LogP contribution >= 0.6 is 15.9 Å². The van der Waals surface area contributed by atoms with Gasteiger partial charge >= 0.3 is 0 Å². The number of nitrogens with zero attached hydrogens (tertiary/aromatic N) is 2. The number of anilines is 1. The lowest BCUT2D eigenvalue weighted by Gasteiger charge is -2.18. The smallest absolute Gasteiger partial charge is 0.257 e. The lowest BCUT2D eigenvalue weighted by Crippen LogP contribution is -2.31. The Kier molecular flexibility index (Phi) is 7.39. The van der Waals surface area contributed by atoms with E-state index in [1.54, 1.807) is 13.8 Å². The summed E-state index contributed by atoms with van der Waals surface area (Å²) in [5, 5.41) is 0. The summed E-state index contributed by atoms with van der Waals surface area (Å²) in [6.07, 6.45) is 1.17. The second kappa shape index (κ2) is 9.18. The highest BCUT2D eigenvalue weighted by Crippen LogP contribution is 2.27. The van der Waals surface area contributed by atoms with Crippen molar-refractivity contribution >= 4 is 41.8 Å². The van der Waals surface area contributed by atoms with Crippen LogP contribution in [0.2, 0.25) is 0 Å². The molecule has 0 bridgehead atoms. The Morgan fingerprint density at radius 3 is 2.21 bits per heavy atom. The first-order chi connectivity index (χ1) is 13.2. The van der Waals surface area contributed by atoms with E-state index in [9.17, 15) is 16.8 Å². The van der Waals surface area contributed by atoms with E-state index in [0.29, 0.717) is 23.3 Å². The number of hydrazine groups is 1. The Labute approximate surface area is 173 Å². The van der Waals surface area contributed by atoms with Gasteiger partial charge in [0.15, 0.2) is 0 Å². The molecule has 12 heteroatoms. The second-order valence-electron chi connectivity index (χ2n) is 5.50. The summed E-state index contributed by atoms with van der Waals surface area (Å²) in [5.41, 5.74) is 2.46.